The summed E-state index contributed by atoms with van der Waals surface area (Å²) in [7, 11) is 0. The van der Waals surface area contributed by atoms with Crippen molar-refractivity contribution in [3.05, 3.63) is 0 Å². The molecule has 3 saturated carbocycles. The van der Waals surface area contributed by atoms with Crippen LogP contribution in [0.1, 0.15) is 40.5 Å². The molecule has 0 aromatic rings. The molecule has 0 spiro atoms. The number of ether oxygens (including phenoxy) is 1. The molecule has 0 amide bonds. The van der Waals surface area contributed by atoms with Crippen LogP contribution in [0.15, 0.2) is 0 Å². The van der Waals surface area contributed by atoms with Crippen molar-refractivity contribution in [2.75, 3.05) is 0 Å². The average Bonchev–Trinajstić information content (AvgIpc) is 2.41. The largest absolute Gasteiger partial charge is 0.386 e. The lowest BCUT2D eigenvalue weighted by Gasteiger charge is -2.59. The van der Waals surface area contributed by atoms with Gasteiger partial charge in [0, 0.05) is 6.42 Å². The Morgan fingerprint density at radius 2 is 1.84 bits per heavy atom. The van der Waals surface area contributed by atoms with Crippen LogP contribution in [0.2, 0.25) is 0 Å². The van der Waals surface area contributed by atoms with E-state index < -0.39 is 22.9 Å². The van der Waals surface area contributed by atoms with Crippen LogP contribution in [-0.2, 0) is 9.53 Å². The van der Waals surface area contributed by atoms with Crippen molar-refractivity contribution in [2.24, 2.45) is 28.6 Å². The van der Waals surface area contributed by atoms with Crippen molar-refractivity contribution >= 4 is 5.78 Å². The predicted octanol–water partition coefficient (Wildman–Crippen LogP) is 1.10. The third-order valence-electron chi connectivity index (χ3n) is 6.90. The van der Waals surface area contributed by atoms with Gasteiger partial charge in [0.05, 0.1) is 11.5 Å². The highest BCUT2D eigenvalue weighted by molar-refractivity contribution is 5.95. The number of ketones is 1. The maximum Gasteiger partial charge on any atom is 0.227 e. The van der Waals surface area contributed by atoms with E-state index in [0.717, 1.165) is 6.42 Å². The molecule has 5 fully saturated rings. The Balaban J connectivity index is 1.96. The Bertz CT molecular complexity index is 500. The molecule has 2 saturated heterocycles. The first-order chi connectivity index (χ1) is 8.59. The predicted molar refractivity (Wildman–Crippen MR) is 67.0 cm³/mol. The zero-order valence-electron chi connectivity index (χ0n) is 11.9. The molecule has 0 aromatic heterocycles. The molecular formula is C15H22O4. The lowest BCUT2D eigenvalue weighted by molar-refractivity contribution is -0.343. The van der Waals surface area contributed by atoms with Gasteiger partial charge in [-0.2, -0.15) is 0 Å². The van der Waals surface area contributed by atoms with E-state index in [2.05, 4.69) is 13.8 Å². The van der Waals surface area contributed by atoms with Crippen LogP contribution in [-0.4, -0.2) is 33.5 Å². The number of Topliss-reactive ketones (excluding diaryl/α,β-unsaturated/α-hetero) is 1. The van der Waals surface area contributed by atoms with Gasteiger partial charge in [0.25, 0.3) is 0 Å². The Labute approximate surface area is 113 Å². The summed E-state index contributed by atoms with van der Waals surface area (Å²) in [6.07, 6.45) is 0.733. The van der Waals surface area contributed by atoms with Crippen LogP contribution in [0.3, 0.4) is 0 Å². The van der Waals surface area contributed by atoms with Crippen molar-refractivity contribution in [3.8, 4) is 0 Å². The summed E-state index contributed by atoms with van der Waals surface area (Å²) in [4.78, 5) is 12.7. The molecule has 7 atom stereocenters. The second kappa shape index (κ2) is 2.78. The van der Waals surface area contributed by atoms with Gasteiger partial charge in [-0.25, -0.2) is 0 Å². The molecule has 4 bridgehead atoms. The Kier molecular flexibility index (Phi) is 1.80. The minimum absolute atomic E-state index is 0.0731. The fourth-order valence-corrected chi connectivity index (χ4v) is 5.95. The molecule has 19 heavy (non-hydrogen) atoms. The maximum atomic E-state index is 12.7. The summed E-state index contributed by atoms with van der Waals surface area (Å²) in [6.45, 7) is 8.12. The molecule has 5 rings (SSSR count). The molecule has 5 aliphatic rings. The molecule has 2 N–H and O–H groups in total. The number of carbonyl (C=O) groups excluding carboxylic acids is 1. The van der Waals surface area contributed by atoms with Crippen molar-refractivity contribution in [2.45, 2.75) is 58.0 Å². The zero-order chi connectivity index (χ0) is 14.0. The highest BCUT2D eigenvalue weighted by Crippen LogP contribution is 2.76. The molecule has 7 unspecified atom stereocenters. The van der Waals surface area contributed by atoms with Gasteiger partial charge in [0.2, 0.25) is 11.6 Å². The Hall–Kier alpha value is -0.450. The fourth-order valence-electron chi connectivity index (χ4n) is 5.95. The summed E-state index contributed by atoms with van der Waals surface area (Å²) >= 11 is 0. The number of rotatable bonds is 0. The van der Waals surface area contributed by atoms with Gasteiger partial charge in [-0.3, -0.25) is 4.79 Å². The van der Waals surface area contributed by atoms with Crippen LogP contribution in [0.5, 0.6) is 0 Å². The third-order valence-corrected chi connectivity index (χ3v) is 6.90. The second-order valence-electron chi connectivity index (χ2n) is 8.11. The highest BCUT2D eigenvalue weighted by Gasteiger charge is 2.85. The Morgan fingerprint density at radius 1 is 1.21 bits per heavy atom. The van der Waals surface area contributed by atoms with E-state index in [1.807, 2.05) is 13.8 Å². The van der Waals surface area contributed by atoms with E-state index in [-0.39, 0.29) is 35.4 Å². The normalized spacial score (nSPS) is 64.8. The van der Waals surface area contributed by atoms with E-state index >= 15 is 0 Å². The number of carbonyl (C=O) groups is 1. The minimum Gasteiger partial charge on any atom is -0.386 e. The molecule has 3 aliphatic carbocycles. The molecule has 2 aliphatic heterocycles. The van der Waals surface area contributed by atoms with Gasteiger partial charge in [0.15, 0.2) is 0 Å². The topological polar surface area (TPSA) is 66.8 Å². The first-order valence-corrected chi connectivity index (χ1v) is 7.26. The van der Waals surface area contributed by atoms with Gasteiger partial charge in [-0.1, -0.05) is 20.8 Å². The summed E-state index contributed by atoms with van der Waals surface area (Å²) in [5, 5.41) is 21.9. The lowest BCUT2D eigenvalue weighted by Crippen LogP contribution is -2.75. The first-order valence-electron chi connectivity index (χ1n) is 7.26. The first kappa shape index (κ1) is 12.3. The average molecular weight is 266 g/mol. The van der Waals surface area contributed by atoms with Gasteiger partial charge in [-0.15, -0.1) is 0 Å². The van der Waals surface area contributed by atoms with Crippen molar-refractivity contribution in [3.63, 3.8) is 0 Å². The van der Waals surface area contributed by atoms with Crippen LogP contribution < -0.4 is 0 Å². The zero-order valence-corrected chi connectivity index (χ0v) is 11.9. The van der Waals surface area contributed by atoms with Gasteiger partial charge < -0.3 is 14.9 Å². The SMILES string of the molecule is CC1CC2(O)OC3C4C(CC4(C)C)C(C)(C2=O)C13O. The van der Waals surface area contributed by atoms with E-state index in [4.69, 9.17) is 4.74 Å². The summed E-state index contributed by atoms with van der Waals surface area (Å²) in [5.41, 5.74) is -1.89. The molecule has 0 radical (unpaired) electrons. The van der Waals surface area contributed by atoms with Gasteiger partial charge in [-0.05, 0) is 36.5 Å². The molecular weight excluding hydrogens is 244 g/mol. The third kappa shape index (κ3) is 0.930. The van der Waals surface area contributed by atoms with Crippen LogP contribution >= 0.6 is 0 Å². The quantitative estimate of drug-likeness (QED) is 0.689. The summed E-state index contributed by atoms with van der Waals surface area (Å²) in [5.74, 6) is -1.76. The number of aliphatic hydroxyl groups is 2. The lowest BCUT2D eigenvalue weighted by atomic mass is 9.49. The Morgan fingerprint density at radius 3 is 2.42 bits per heavy atom. The second-order valence-corrected chi connectivity index (χ2v) is 8.11. The van der Waals surface area contributed by atoms with E-state index in [9.17, 15) is 15.0 Å². The van der Waals surface area contributed by atoms with Gasteiger partial charge in [0.1, 0.15) is 5.60 Å². The monoisotopic (exact) mass is 266 g/mol. The summed E-state index contributed by atoms with van der Waals surface area (Å²) in [6, 6.07) is 0. The number of hydrogen-bond acceptors (Lipinski definition) is 4. The highest BCUT2D eigenvalue weighted by atomic mass is 16.6. The molecule has 2 heterocycles. The fraction of sp³-hybridized carbons (Fsp3) is 0.933. The molecule has 0 aromatic carbocycles. The van der Waals surface area contributed by atoms with Gasteiger partial charge >= 0.3 is 0 Å². The number of fused-ring (bicyclic) bond motifs is 2. The van der Waals surface area contributed by atoms with Crippen LogP contribution in [0.25, 0.3) is 0 Å². The number of hydrogen-bond donors (Lipinski definition) is 2. The standard InChI is InChI=1S/C15H22O4/c1-7-5-14(17)11(16)13(4)8-6-12(2,3)9(8)10(19-14)15(7,13)18/h7-10,17-18H,5-6H2,1-4H3. The maximum absolute atomic E-state index is 12.7. The smallest absolute Gasteiger partial charge is 0.227 e. The molecule has 4 nitrogen and oxygen atoms in total. The van der Waals surface area contributed by atoms with E-state index in [0.29, 0.717) is 0 Å². The van der Waals surface area contributed by atoms with Crippen molar-refractivity contribution in [1.29, 1.82) is 0 Å². The van der Waals surface area contributed by atoms with E-state index in [1.54, 1.807) is 0 Å². The van der Waals surface area contributed by atoms with Crippen LogP contribution in [0, 0.1) is 28.6 Å². The summed E-state index contributed by atoms with van der Waals surface area (Å²) < 4.78 is 5.74. The van der Waals surface area contributed by atoms with E-state index in [1.165, 1.54) is 0 Å². The minimum atomic E-state index is -1.67. The van der Waals surface area contributed by atoms with Crippen molar-refractivity contribution in [1.82, 2.24) is 0 Å². The van der Waals surface area contributed by atoms with Crippen molar-refractivity contribution < 1.29 is 19.7 Å². The van der Waals surface area contributed by atoms with Crippen LogP contribution in [0.4, 0.5) is 0 Å². The molecule has 4 heteroatoms. The molecule has 106 valence electrons.